The molecule has 0 spiro atoms. The largest absolute Gasteiger partial charge is 0.481 e. The van der Waals surface area contributed by atoms with Crippen LogP contribution in [0.2, 0.25) is 0 Å². The second-order valence-electron chi connectivity index (χ2n) is 10.9. The number of hydrogen-bond acceptors (Lipinski definition) is 9. The van der Waals surface area contributed by atoms with Gasteiger partial charge in [-0.05, 0) is 42.3 Å². The molecule has 50 heavy (non-hydrogen) atoms. The minimum atomic E-state index is -4.43. The predicted octanol–water partition coefficient (Wildman–Crippen LogP) is 4.71. The Morgan fingerprint density at radius 1 is 0.760 bits per heavy atom. The molecule has 7 N–H and O–H groups in total. The molecule has 1 unspecified atom stereocenters. The van der Waals surface area contributed by atoms with Crippen LogP contribution in [-0.2, 0) is 30.3 Å². The quantitative estimate of drug-likeness (QED) is 0.0537. The molecule has 15 heteroatoms. The molecule has 0 aliphatic carbocycles. The summed E-state index contributed by atoms with van der Waals surface area (Å²) in [6.45, 7) is 1.19. The molecule has 0 aromatic heterocycles. The van der Waals surface area contributed by atoms with Crippen molar-refractivity contribution in [2.75, 3.05) is 0 Å². The van der Waals surface area contributed by atoms with Crippen molar-refractivity contribution in [2.24, 2.45) is 5.73 Å². The highest BCUT2D eigenvalue weighted by molar-refractivity contribution is 7.55. The van der Waals surface area contributed by atoms with Gasteiger partial charge in [-0.15, -0.1) is 0 Å². The molecule has 3 amide bonds. The molecule has 0 fully saturated rings. The van der Waals surface area contributed by atoms with Gasteiger partial charge >= 0.3 is 19.7 Å². The number of ether oxygens (including phenoxy) is 1. The molecule has 4 aromatic carbocycles. The number of amidine groups is 1. The van der Waals surface area contributed by atoms with E-state index in [1.807, 2.05) is 0 Å². The number of amides is 3. The number of carbonyl (C=O) groups excluding carboxylic acids is 3. The van der Waals surface area contributed by atoms with Gasteiger partial charge in [0.2, 0.25) is 11.8 Å². The van der Waals surface area contributed by atoms with Gasteiger partial charge in [0.1, 0.15) is 36.0 Å². The number of carboxylic acids is 1. The Morgan fingerprint density at radius 2 is 1.28 bits per heavy atom. The molecule has 0 radical (unpaired) electrons. The van der Waals surface area contributed by atoms with Crippen LogP contribution in [0.5, 0.6) is 11.5 Å². The number of hydrogen-bond donors (Lipinski definition) is 6. The third-order valence-electron chi connectivity index (χ3n) is 7.04. The summed E-state index contributed by atoms with van der Waals surface area (Å²) < 4.78 is 31.9. The second kappa shape index (κ2) is 17.3. The lowest BCUT2D eigenvalue weighted by molar-refractivity contribution is -0.140. The monoisotopic (exact) mass is 701 g/mol. The maximum absolute atomic E-state index is 14.8. The molecule has 0 saturated heterocycles. The summed E-state index contributed by atoms with van der Waals surface area (Å²) in [6, 6.07) is 28.1. The molecule has 4 rings (SSSR count). The van der Waals surface area contributed by atoms with Crippen LogP contribution >= 0.6 is 7.60 Å². The lowest BCUT2D eigenvalue weighted by atomic mass is 10.1. The normalized spacial score (nSPS) is 12.7. The molecule has 0 bridgehead atoms. The van der Waals surface area contributed by atoms with Gasteiger partial charge in [-0.25, -0.2) is 9.36 Å². The van der Waals surface area contributed by atoms with E-state index < -0.39 is 55.8 Å². The second-order valence-corrected chi connectivity index (χ2v) is 12.8. The van der Waals surface area contributed by atoms with E-state index >= 15 is 0 Å². The molecule has 14 nitrogen and oxygen atoms in total. The summed E-state index contributed by atoms with van der Waals surface area (Å²) in [7, 11) is -4.43. The number of carbonyl (C=O) groups is 4. The van der Waals surface area contributed by atoms with Crippen LogP contribution in [0.25, 0.3) is 0 Å². The molecule has 0 saturated carbocycles. The number of nitrogens with one attached hydrogen (secondary N) is 4. The number of benzene rings is 4. The van der Waals surface area contributed by atoms with Crippen molar-refractivity contribution in [3.05, 3.63) is 132 Å². The van der Waals surface area contributed by atoms with E-state index in [2.05, 4.69) is 16.0 Å². The molecular weight excluding hydrogens is 665 g/mol. The van der Waals surface area contributed by atoms with Crippen LogP contribution in [-0.4, -0.2) is 46.9 Å². The highest BCUT2D eigenvalue weighted by atomic mass is 31.2. The first kappa shape index (κ1) is 36.7. The zero-order valence-corrected chi connectivity index (χ0v) is 27.7. The Balaban J connectivity index is 1.57. The van der Waals surface area contributed by atoms with E-state index in [9.17, 15) is 28.8 Å². The Morgan fingerprint density at radius 3 is 1.78 bits per heavy atom. The maximum Gasteiger partial charge on any atom is 0.457 e. The molecule has 0 heterocycles. The van der Waals surface area contributed by atoms with E-state index in [0.717, 1.165) is 0 Å². The average Bonchev–Trinajstić information content (AvgIpc) is 3.10. The highest BCUT2D eigenvalue weighted by Crippen LogP contribution is 2.59. The smallest absolute Gasteiger partial charge is 0.457 e. The van der Waals surface area contributed by atoms with E-state index in [1.54, 1.807) is 91.0 Å². The van der Waals surface area contributed by atoms with E-state index in [0.29, 0.717) is 11.1 Å². The lowest BCUT2D eigenvalue weighted by Crippen LogP contribution is -2.53. The highest BCUT2D eigenvalue weighted by Gasteiger charge is 2.43. The lowest BCUT2D eigenvalue weighted by Gasteiger charge is -2.29. The van der Waals surface area contributed by atoms with Crippen LogP contribution in [0.15, 0.2) is 115 Å². The Kier molecular flexibility index (Phi) is 12.7. The third kappa shape index (κ3) is 10.7. The number of nitrogens with two attached hydrogens (primary N) is 1. The SMILES string of the molecule is C[C@H](NC(=O)[C@@H](CC(=O)O)NC(=O)OCc1ccccc1)C(=O)NC(c1ccc(C(=N)N)cc1)P(=O)(Oc1ccccc1)Oc1ccccc1. The first-order valence-electron chi connectivity index (χ1n) is 15.3. The van der Waals surface area contributed by atoms with E-state index in [1.165, 1.54) is 31.2 Å². The molecule has 0 aliphatic heterocycles. The zero-order chi connectivity index (χ0) is 36.1. The zero-order valence-electron chi connectivity index (χ0n) is 26.9. The Labute approximate surface area is 288 Å². The Hall–Kier alpha value is -6.14. The molecule has 260 valence electrons. The van der Waals surface area contributed by atoms with Gasteiger partial charge in [0.05, 0.1) is 6.42 Å². The van der Waals surface area contributed by atoms with Gasteiger partial charge in [0.15, 0.2) is 5.78 Å². The predicted molar refractivity (Wildman–Crippen MR) is 183 cm³/mol. The fourth-order valence-corrected chi connectivity index (χ4v) is 6.40. The fourth-order valence-electron chi connectivity index (χ4n) is 4.50. The molecule has 4 aromatic rings. The molecule has 3 atom stereocenters. The van der Waals surface area contributed by atoms with Crippen molar-refractivity contribution in [3.63, 3.8) is 0 Å². The van der Waals surface area contributed by atoms with E-state index in [4.69, 9.17) is 24.9 Å². The maximum atomic E-state index is 14.8. The first-order valence-corrected chi connectivity index (χ1v) is 16.9. The summed E-state index contributed by atoms with van der Waals surface area (Å²) in [5.41, 5.74) is 6.91. The third-order valence-corrected chi connectivity index (χ3v) is 9.03. The van der Waals surface area contributed by atoms with Crippen LogP contribution in [0, 0.1) is 5.41 Å². The van der Waals surface area contributed by atoms with Gasteiger partial charge < -0.3 is 40.6 Å². The summed E-state index contributed by atoms with van der Waals surface area (Å²) in [6.07, 6.45) is -1.85. The summed E-state index contributed by atoms with van der Waals surface area (Å²) >= 11 is 0. The average molecular weight is 702 g/mol. The number of alkyl carbamates (subject to hydrolysis) is 1. The van der Waals surface area contributed by atoms with Crippen LogP contribution in [0.1, 0.15) is 35.8 Å². The van der Waals surface area contributed by atoms with Crippen LogP contribution in [0.3, 0.4) is 0 Å². The first-order chi connectivity index (χ1) is 23.9. The number of para-hydroxylation sites is 2. The summed E-state index contributed by atoms with van der Waals surface area (Å²) in [4.78, 5) is 50.8. The van der Waals surface area contributed by atoms with Gasteiger partial charge in [-0.3, -0.25) is 19.8 Å². The van der Waals surface area contributed by atoms with Crippen molar-refractivity contribution >= 4 is 37.3 Å². The Bertz CT molecular complexity index is 1780. The van der Waals surface area contributed by atoms with Gasteiger partial charge in [0.25, 0.3) is 0 Å². The van der Waals surface area contributed by atoms with Crippen LogP contribution in [0.4, 0.5) is 4.79 Å². The minimum Gasteiger partial charge on any atom is -0.481 e. The molecule has 0 aliphatic rings. The van der Waals surface area contributed by atoms with Crippen molar-refractivity contribution < 1.29 is 42.6 Å². The van der Waals surface area contributed by atoms with Crippen molar-refractivity contribution in [1.82, 2.24) is 16.0 Å². The standard InChI is InChI=1S/C35H36N5O9P/c1-23(38-33(44)29(21-30(41)42)39-35(45)47-22-24-11-5-2-6-12-24)32(43)40-34(26-19-17-25(18-20-26)31(36)37)50(46,48-27-13-7-3-8-14-27)49-28-15-9-4-10-16-28/h2-20,23,29,34H,21-22H2,1H3,(H3,36,37)(H,38,44)(H,39,45)(H,40,43)(H,41,42)/t23-,29+,34?/m0/s1. The van der Waals surface area contributed by atoms with Gasteiger partial charge in [-0.1, -0.05) is 91.0 Å². The number of carboxylic acid groups (broad SMARTS) is 1. The van der Waals surface area contributed by atoms with Crippen molar-refractivity contribution in [2.45, 2.75) is 37.8 Å². The number of aliphatic carboxylic acids is 1. The van der Waals surface area contributed by atoms with Crippen LogP contribution < -0.4 is 30.7 Å². The molecular formula is C35H36N5O9P. The number of nitrogen functional groups attached to an aromatic ring is 1. The number of rotatable bonds is 16. The van der Waals surface area contributed by atoms with E-state index in [-0.39, 0.29) is 29.5 Å². The van der Waals surface area contributed by atoms with Crippen molar-refractivity contribution in [3.8, 4) is 11.5 Å². The fraction of sp³-hybridized carbons (Fsp3) is 0.171. The summed E-state index contributed by atoms with van der Waals surface area (Å²) in [5, 5.41) is 24.4. The summed E-state index contributed by atoms with van der Waals surface area (Å²) in [5.74, 6) is -4.57. The minimum absolute atomic E-state index is 0.127. The van der Waals surface area contributed by atoms with Gasteiger partial charge in [0, 0.05) is 5.56 Å². The van der Waals surface area contributed by atoms with Gasteiger partial charge in [-0.2, -0.15) is 0 Å². The van der Waals surface area contributed by atoms with Crippen molar-refractivity contribution in [1.29, 1.82) is 5.41 Å². The topological polar surface area (TPSA) is 219 Å².